The molecule has 1 amide bonds. The third-order valence-corrected chi connectivity index (χ3v) is 3.13. The normalized spacial score (nSPS) is 13.8. The van der Waals surface area contributed by atoms with Gasteiger partial charge in [-0.25, -0.2) is 8.42 Å². The van der Waals surface area contributed by atoms with Crippen molar-refractivity contribution in [2.24, 2.45) is 5.92 Å². The Labute approximate surface area is 109 Å². The zero-order valence-electron chi connectivity index (χ0n) is 10.5. The maximum Gasteiger partial charge on any atom is 1.00 e. The molecule has 0 aromatic heterocycles. The Bertz CT molecular complexity index is 326. The zero-order valence-corrected chi connectivity index (χ0v) is 11.3. The number of rotatable bonds is 5. The average molecular weight is 243 g/mol. The van der Waals surface area contributed by atoms with Crippen LogP contribution in [0.25, 0.3) is 0 Å². The van der Waals surface area contributed by atoms with E-state index in [1.165, 1.54) is 13.8 Å². The van der Waals surface area contributed by atoms with Crippen molar-refractivity contribution in [3.8, 4) is 0 Å². The minimum Gasteiger partial charge on any atom is -0.748 e. The molecule has 0 spiro atoms. The quantitative estimate of drug-likeness (QED) is 0.426. The van der Waals surface area contributed by atoms with Crippen LogP contribution >= 0.6 is 0 Å². The van der Waals surface area contributed by atoms with Gasteiger partial charge in [0, 0.05) is 11.5 Å². The second-order valence-corrected chi connectivity index (χ2v) is 5.79. The molecule has 7 heteroatoms. The largest absolute Gasteiger partial charge is 1.00 e. The van der Waals surface area contributed by atoms with Crippen molar-refractivity contribution in [3.05, 3.63) is 0 Å². The molecule has 90 valence electrons. The summed E-state index contributed by atoms with van der Waals surface area (Å²) in [5, 5.41) is 2.55. The Kier molecular flexibility index (Phi) is 7.62. The number of nitrogens with one attached hydrogen (secondary N) is 1. The van der Waals surface area contributed by atoms with Gasteiger partial charge in [-0.2, -0.15) is 0 Å². The predicted octanol–water partition coefficient (Wildman–Crippen LogP) is -2.52. The molecule has 0 aliphatic heterocycles. The summed E-state index contributed by atoms with van der Waals surface area (Å²) in [5.74, 6) is -1.01. The van der Waals surface area contributed by atoms with Gasteiger partial charge in [0.15, 0.2) is 0 Å². The first kappa shape index (κ1) is 18.3. The Morgan fingerprint density at radius 2 is 1.88 bits per heavy atom. The van der Waals surface area contributed by atoms with E-state index in [-0.39, 0.29) is 30.7 Å². The van der Waals surface area contributed by atoms with E-state index in [1.807, 2.05) is 6.92 Å². The molecular weight excluding hydrogens is 225 g/mol. The first-order valence-corrected chi connectivity index (χ1v) is 6.41. The maximum atomic E-state index is 11.5. The molecule has 0 aliphatic carbocycles. The second-order valence-electron chi connectivity index (χ2n) is 4.38. The summed E-state index contributed by atoms with van der Waals surface area (Å²) in [4.78, 5) is 11.5. The summed E-state index contributed by atoms with van der Waals surface area (Å²) in [6.07, 6.45) is 0.673. The maximum absolute atomic E-state index is 11.5. The van der Waals surface area contributed by atoms with Crippen LogP contribution in [-0.4, -0.2) is 30.2 Å². The molecule has 0 saturated heterocycles. The molecule has 0 aromatic rings. The third-order valence-electron chi connectivity index (χ3n) is 2.06. The van der Waals surface area contributed by atoms with Crippen molar-refractivity contribution in [2.45, 2.75) is 39.7 Å². The molecule has 0 heterocycles. The van der Waals surface area contributed by atoms with Gasteiger partial charge < -0.3 is 9.87 Å². The van der Waals surface area contributed by atoms with Crippen LogP contribution in [0.4, 0.5) is 0 Å². The van der Waals surface area contributed by atoms with Gasteiger partial charge in [0.05, 0.1) is 15.9 Å². The van der Waals surface area contributed by atoms with Gasteiger partial charge in [0.25, 0.3) is 0 Å². The van der Waals surface area contributed by atoms with Crippen molar-refractivity contribution < 1.29 is 36.6 Å². The summed E-state index contributed by atoms with van der Waals surface area (Å²) < 4.78 is 31.7. The van der Waals surface area contributed by atoms with Gasteiger partial charge in [0.2, 0.25) is 5.91 Å². The van der Waals surface area contributed by atoms with E-state index in [4.69, 9.17) is 0 Å². The number of amides is 1. The molecule has 1 N–H and O–H groups in total. The van der Waals surface area contributed by atoms with Crippen molar-refractivity contribution in [1.29, 1.82) is 0 Å². The Hall–Kier alpha value is -0.0226. The predicted molar refractivity (Wildman–Crippen MR) is 56.2 cm³/mol. The van der Waals surface area contributed by atoms with Crippen LogP contribution in [0.5, 0.6) is 0 Å². The number of carbonyl (C=O) groups excluding carboxylic acids is 1. The van der Waals surface area contributed by atoms with Crippen LogP contribution in [0.15, 0.2) is 0 Å². The van der Waals surface area contributed by atoms with Gasteiger partial charge in [-0.1, -0.05) is 13.8 Å². The molecule has 0 fully saturated rings. The van der Waals surface area contributed by atoms with E-state index in [2.05, 4.69) is 5.32 Å². The van der Waals surface area contributed by atoms with E-state index >= 15 is 0 Å². The van der Waals surface area contributed by atoms with Gasteiger partial charge >= 0.3 is 18.9 Å². The van der Waals surface area contributed by atoms with E-state index in [0.717, 1.165) is 0 Å². The SMILES string of the molecule is CCC(C)C(=O)NC(C)(C)CS(=O)(=O)[O-].[Li+]. The van der Waals surface area contributed by atoms with E-state index in [1.54, 1.807) is 6.92 Å². The third kappa shape index (κ3) is 8.17. The number of hydrogen-bond donors (Lipinski definition) is 1. The van der Waals surface area contributed by atoms with Crippen LogP contribution in [0.2, 0.25) is 0 Å². The molecular formula is C9H18LiNO4S. The molecule has 16 heavy (non-hydrogen) atoms. The summed E-state index contributed by atoms with van der Waals surface area (Å²) >= 11 is 0. The summed E-state index contributed by atoms with van der Waals surface area (Å²) in [5.41, 5.74) is -1.01. The first-order valence-electron chi connectivity index (χ1n) is 4.83. The fourth-order valence-corrected chi connectivity index (χ4v) is 2.08. The average Bonchev–Trinajstić information content (AvgIpc) is 1.96. The zero-order chi connectivity index (χ0) is 12.3. The fourth-order valence-electron chi connectivity index (χ4n) is 1.12. The topological polar surface area (TPSA) is 86.3 Å². The molecule has 1 unspecified atom stereocenters. The molecule has 1 atom stereocenters. The standard InChI is InChI=1S/C9H19NO4S.Li/c1-5-7(2)8(11)10-9(3,4)6-15(12,13)14;/h7H,5-6H2,1-4H3,(H,10,11)(H,12,13,14);/q;+1/p-1. The fraction of sp³-hybridized carbons (Fsp3) is 0.889. The van der Waals surface area contributed by atoms with Gasteiger partial charge in [-0.15, -0.1) is 0 Å². The Balaban J connectivity index is 0. The molecule has 0 radical (unpaired) electrons. The molecule has 0 bridgehead atoms. The van der Waals surface area contributed by atoms with Crippen LogP contribution in [-0.2, 0) is 14.9 Å². The van der Waals surface area contributed by atoms with Crippen LogP contribution in [0.1, 0.15) is 34.1 Å². The van der Waals surface area contributed by atoms with E-state index in [0.29, 0.717) is 6.42 Å². The molecule has 5 nitrogen and oxygen atoms in total. The molecule has 0 aliphatic rings. The van der Waals surface area contributed by atoms with Crippen molar-refractivity contribution in [2.75, 3.05) is 5.75 Å². The molecule has 0 saturated carbocycles. The van der Waals surface area contributed by atoms with Gasteiger partial charge in [0.1, 0.15) is 0 Å². The van der Waals surface area contributed by atoms with Crippen LogP contribution in [0, 0.1) is 5.92 Å². The van der Waals surface area contributed by atoms with Crippen molar-refractivity contribution >= 4 is 16.0 Å². The van der Waals surface area contributed by atoms with Gasteiger partial charge in [-0.3, -0.25) is 4.79 Å². The molecule has 0 rings (SSSR count). The Morgan fingerprint density at radius 1 is 1.44 bits per heavy atom. The summed E-state index contributed by atoms with van der Waals surface area (Å²) in [6, 6.07) is 0. The monoisotopic (exact) mass is 243 g/mol. The summed E-state index contributed by atoms with van der Waals surface area (Å²) in [7, 11) is -4.32. The second kappa shape index (κ2) is 6.65. The van der Waals surface area contributed by atoms with Crippen molar-refractivity contribution in [3.63, 3.8) is 0 Å². The minimum absolute atomic E-state index is 0. The molecule has 0 aromatic carbocycles. The van der Waals surface area contributed by atoms with E-state index < -0.39 is 21.4 Å². The van der Waals surface area contributed by atoms with Gasteiger partial charge in [-0.05, 0) is 20.3 Å². The smallest absolute Gasteiger partial charge is 0.748 e. The number of hydrogen-bond acceptors (Lipinski definition) is 4. The first-order chi connectivity index (χ1) is 6.57. The number of carbonyl (C=O) groups is 1. The van der Waals surface area contributed by atoms with E-state index in [9.17, 15) is 17.8 Å². The minimum atomic E-state index is -4.32. The Morgan fingerprint density at radius 3 is 2.19 bits per heavy atom. The van der Waals surface area contributed by atoms with Crippen LogP contribution in [0.3, 0.4) is 0 Å². The van der Waals surface area contributed by atoms with Crippen LogP contribution < -0.4 is 24.2 Å². The summed E-state index contributed by atoms with van der Waals surface area (Å²) in [6.45, 7) is 6.64. The van der Waals surface area contributed by atoms with Crippen molar-refractivity contribution in [1.82, 2.24) is 5.32 Å².